The number of hydrogen-bond donors (Lipinski definition) is 1. The monoisotopic (exact) mass is 224 g/mol. The van der Waals surface area contributed by atoms with Crippen molar-refractivity contribution in [3.05, 3.63) is 12.7 Å². The fourth-order valence-electron chi connectivity index (χ4n) is 2.65. The Labute approximate surface area is 98.7 Å². The van der Waals surface area contributed by atoms with Crippen LogP contribution in [0.25, 0.3) is 0 Å². The summed E-state index contributed by atoms with van der Waals surface area (Å²) in [6.45, 7) is 13.9. The maximum Gasteiger partial charge on any atom is 0.162 e. The van der Waals surface area contributed by atoms with E-state index < -0.39 is 5.41 Å². The zero-order chi connectivity index (χ0) is 12.8. The third kappa shape index (κ3) is 1.62. The van der Waals surface area contributed by atoms with E-state index in [9.17, 15) is 4.79 Å². The number of ketones is 1. The zero-order valence-corrected chi connectivity index (χ0v) is 11.1. The third-order valence-corrected chi connectivity index (χ3v) is 4.57. The van der Waals surface area contributed by atoms with Crippen molar-refractivity contribution in [2.45, 2.75) is 58.5 Å². The maximum atomic E-state index is 12.1. The molecular weight excluding hydrogens is 200 g/mol. The van der Waals surface area contributed by atoms with Gasteiger partial charge in [0.05, 0.1) is 0 Å². The van der Waals surface area contributed by atoms with Gasteiger partial charge in [0, 0.05) is 16.5 Å². The Morgan fingerprint density at radius 2 is 1.75 bits per heavy atom. The molecule has 0 aromatic rings. The van der Waals surface area contributed by atoms with Crippen LogP contribution in [-0.4, -0.2) is 21.9 Å². The van der Waals surface area contributed by atoms with Gasteiger partial charge in [-0.25, -0.2) is 5.01 Å². The molecule has 0 aromatic carbocycles. The van der Waals surface area contributed by atoms with Crippen LogP contribution >= 0.6 is 0 Å². The Hall–Kier alpha value is -0.670. The summed E-state index contributed by atoms with van der Waals surface area (Å²) in [6.07, 6.45) is 3.20. The first-order chi connectivity index (χ1) is 7.09. The third-order valence-electron chi connectivity index (χ3n) is 4.57. The molecule has 1 heterocycles. The Morgan fingerprint density at radius 3 is 2.19 bits per heavy atom. The number of allylic oxidation sites excluding steroid dienone is 1. The number of rotatable bonds is 2. The predicted octanol–water partition coefficient (Wildman–Crippen LogP) is 2.27. The lowest BCUT2D eigenvalue weighted by Crippen LogP contribution is -2.70. The maximum absolute atomic E-state index is 12.1. The van der Waals surface area contributed by atoms with Gasteiger partial charge < -0.3 is 0 Å². The van der Waals surface area contributed by atoms with E-state index in [0.29, 0.717) is 0 Å². The number of piperidine rings is 1. The first-order valence-corrected chi connectivity index (χ1v) is 5.81. The van der Waals surface area contributed by atoms with Crippen molar-refractivity contribution in [2.24, 2.45) is 11.3 Å². The molecule has 1 aliphatic heterocycles. The molecule has 1 aliphatic rings. The first kappa shape index (κ1) is 13.4. The summed E-state index contributed by atoms with van der Waals surface area (Å²) in [6, 6.07) is 0. The van der Waals surface area contributed by atoms with Crippen LogP contribution in [0.4, 0.5) is 0 Å². The lowest BCUT2D eigenvalue weighted by Gasteiger charge is -2.58. The van der Waals surface area contributed by atoms with Gasteiger partial charge >= 0.3 is 0 Å². The Bertz CT molecular complexity index is 320. The summed E-state index contributed by atoms with van der Waals surface area (Å²) >= 11 is 0. The minimum absolute atomic E-state index is 0.0650. The second-order valence-corrected chi connectivity index (χ2v) is 6.14. The van der Waals surface area contributed by atoms with Gasteiger partial charge in [-0.2, -0.15) is 0 Å². The summed E-state index contributed by atoms with van der Waals surface area (Å²) in [4.78, 5) is 12.1. The molecular formula is C13H24N2O. The molecule has 3 heteroatoms. The molecule has 0 aromatic heterocycles. The van der Waals surface area contributed by atoms with E-state index in [2.05, 4.69) is 20.4 Å². The van der Waals surface area contributed by atoms with Gasteiger partial charge in [0.1, 0.15) is 0 Å². The fourth-order valence-corrected chi connectivity index (χ4v) is 2.65. The number of carbonyl (C=O) groups is 1. The van der Waals surface area contributed by atoms with E-state index >= 15 is 0 Å². The van der Waals surface area contributed by atoms with Crippen LogP contribution in [0.2, 0.25) is 0 Å². The fraction of sp³-hybridized carbons (Fsp3) is 0.769. The number of hydrazine groups is 1. The van der Waals surface area contributed by atoms with Crippen molar-refractivity contribution in [3.8, 4) is 0 Å². The summed E-state index contributed by atoms with van der Waals surface area (Å²) in [7, 11) is 0. The van der Waals surface area contributed by atoms with Crippen molar-refractivity contribution in [3.63, 3.8) is 0 Å². The molecule has 0 aliphatic carbocycles. The average Bonchev–Trinajstić information content (AvgIpc) is 2.21. The highest BCUT2D eigenvalue weighted by molar-refractivity contribution is 5.95. The normalized spacial score (nSPS) is 33.4. The van der Waals surface area contributed by atoms with Crippen molar-refractivity contribution in [2.75, 3.05) is 0 Å². The molecule has 1 unspecified atom stereocenters. The van der Waals surface area contributed by atoms with E-state index in [1.807, 2.05) is 25.8 Å². The second-order valence-electron chi connectivity index (χ2n) is 6.14. The Balaban J connectivity index is 3.18. The number of carbonyl (C=O) groups excluding carboxylic acids is 1. The van der Waals surface area contributed by atoms with Crippen molar-refractivity contribution >= 4 is 5.78 Å². The second kappa shape index (κ2) is 3.67. The van der Waals surface area contributed by atoms with Crippen LogP contribution in [0.3, 0.4) is 0 Å². The van der Waals surface area contributed by atoms with E-state index in [1.165, 1.54) is 6.08 Å². The topological polar surface area (TPSA) is 46.3 Å². The molecule has 16 heavy (non-hydrogen) atoms. The number of nitrogens with two attached hydrogens (primary N) is 1. The quantitative estimate of drug-likeness (QED) is 0.578. The SMILES string of the molecule is C=CC(=O)C1(C)CCC(C)(C)N(N)C1(C)C. The average molecular weight is 224 g/mol. The predicted molar refractivity (Wildman–Crippen MR) is 66.7 cm³/mol. The molecule has 92 valence electrons. The largest absolute Gasteiger partial charge is 0.294 e. The lowest BCUT2D eigenvalue weighted by molar-refractivity contribution is -0.149. The molecule has 3 nitrogen and oxygen atoms in total. The highest BCUT2D eigenvalue weighted by Gasteiger charge is 2.55. The van der Waals surface area contributed by atoms with E-state index in [0.717, 1.165) is 12.8 Å². The Morgan fingerprint density at radius 1 is 1.25 bits per heavy atom. The van der Waals surface area contributed by atoms with Gasteiger partial charge in [-0.05, 0) is 46.6 Å². The van der Waals surface area contributed by atoms with Crippen LogP contribution in [0, 0.1) is 5.41 Å². The smallest absolute Gasteiger partial charge is 0.162 e. The first-order valence-electron chi connectivity index (χ1n) is 5.81. The van der Waals surface area contributed by atoms with Gasteiger partial charge in [-0.15, -0.1) is 0 Å². The molecule has 0 spiro atoms. The number of hydrogen-bond acceptors (Lipinski definition) is 3. The van der Waals surface area contributed by atoms with Crippen LogP contribution in [0.1, 0.15) is 47.5 Å². The van der Waals surface area contributed by atoms with Crippen molar-refractivity contribution in [1.82, 2.24) is 5.01 Å². The van der Waals surface area contributed by atoms with Crippen LogP contribution in [0.15, 0.2) is 12.7 Å². The highest BCUT2D eigenvalue weighted by atomic mass is 16.1. The molecule has 2 N–H and O–H groups in total. The van der Waals surface area contributed by atoms with Crippen LogP contribution < -0.4 is 5.84 Å². The van der Waals surface area contributed by atoms with Gasteiger partial charge in [0.2, 0.25) is 0 Å². The molecule has 1 saturated heterocycles. The summed E-state index contributed by atoms with van der Waals surface area (Å²) in [5, 5.41) is 1.84. The zero-order valence-electron chi connectivity index (χ0n) is 11.1. The summed E-state index contributed by atoms with van der Waals surface area (Å²) in [5.41, 5.74) is -0.872. The van der Waals surface area contributed by atoms with Gasteiger partial charge in [-0.1, -0.05) is 13.5 Å². The number of nitrogens with zero attached hydrogens (tertiary/aromatic N) is 1. The van der Waals surface area contributed by atoms with E-state index in [4.69, 9.17) is 5.84 Å². The van der Waals surface area contributed by atoms with E-state index in [-0.39, 0.29) is 16.9 Å². The molecule has 0 amide bonds. The minimum atomic E-state index is -0.445. The van der Waals surface area contributed by atoms with E-state index in [1.54, 1.807) is 0 Å². The molecule has 1 atom stereocenters. The van der Waals surface area contributed by atoms with Crippen LogP contribution in [0.5, 0.6) is 0 Å². The van der Waals surface area contributed by atoms with Gasteiger partial charge in [0.25, 0.3) is 0 Å². The summed E-state index contributed by atoms with van der Waals surface area (Å²) in [5.74, 6) is 6.29. The van der Waals surface area contributed by atoms with Crippen molar-refractivity contribution in [1.29, 1.82) is 0 Å². The molecule has 1 fully saturated rings. The van der Waals surface area contributed by atoms with Gasteiger partial charge in [0.15, 0.2) is 5.78 Å². The standard InChI is InChI=1S/C13H24N2O/c1-7-10(16)13(6)9-8-11(2,3)15(14)12(13,4)5/h7H,1,8-9,14H2,2-6H3. The lowest BCUT2D eigenvalue weighted by atomic mass is 9.61. The van der Waals surface area contributed by atoms with Crippen LogP contribution in [-0.2, 0) is 4.79 Å². The molecule has 0 bridgehead atoms. The van der Waals surface area contributed by atoms with Crippen molar-refractivity contribution < 1.29 is 4.79 Å². The molecule has 0 radical (unpaired) electrons. The van der Waals surface area contributed by atoms with Gasteiger partial charge in [-0.3, -0.25) is 10.6 Å². The highest BCUT2D eigenvalue weighted by Crippen LogP contribution is 2.48. The molecule has 0 saturated carbocycles. The summed E-state index contributed by atoms with van der Waals surface area (Å²) < 4.78 is 0. The minimum Gasteiger partial charge on any atom is -0.294 e. The molecule has 1 rings (SSSR count). The Kier molecular flexibility index (Phi) is 3.07.